The predicted octanol–water partition coefficient (Wildman–Crippen LogP) is 1.16. The monoisotopic (exact) mass is 300 g/mol. The first-order valence-corrected chi connectivity index (χ1v) is 7.64. The van der Waals surface area contributed by atoms with Crippen LogP contribution in [0, 0.1) is 0 Å². The summed E-state index contributed by atoms with van der Waals surface area (Å²) in [6, 6.07) is 10.4. The van der Waals surface area contributed by atoms with Crippen molar-refractivity contribution in [2.75, 3.05) is 13.2 Å². The van der Waals surface area contributed by atoms with Crippen LogP contribution in [0.25, 0.3) is 0 Å². The van der Waals surface area contributed by atoms with Gasteiger partial charge < -0.3 is 0 Å². The summed E-state index contributed by atoms with van der Waals surface area (Å²) in [4.78, 5) is 12.0. The van der Waals surface area contributed by atoms with Gasteiger partial charge in [-0.1, -0.05) is 0 Å². The van der Waals surface area contributed by atoms with Gasteiger partial charge in [0.1, 0.15) is 0 Å². The zero-order chi connectivity index (χ0) is 12.1. The Bertz CT molecular complexity index is 366. The van der Waals surface area contributed by atoms with E-state index in [-0.39, 0.29) is 12.1 Å². The molecule has 1 saturated heterocycles. The third-order valence-corrected chi connectivity index (χ3v) is 5.09. The molecule has 1 heterocycles. The van der Waals surface area contributed by atoms with E-state index in [1.54, 1.807) is 0 Å². The number of carbonyl (C=O) groups excluding carboxylic acids is 1. The van der Waals surface area contributed by atoms with Crippen LogP contribution >= 0.6 is 0 Å². The summed E-state index contributed by atoms with van der Waals surface area (Å²) in [5.74, 6) is -0.209. The number of ether oxygens (including phenoxy) is 2. The van der Waals surface area contributed by atoms with Crippen molar-refractivity contribution in [2.24, 2.45) is 0 Å². The molecule has 0 amide bonds. The van der Waals surface area contributed by atoms with Crippen LogP contribution in [0.3, 0.4) is 0 Å². The van der Waals surface area contributed by atoms with Gasteiger partial charge in [-0.25, -0.2) is 0 Å². The van der Waals surface area contributed by atoms with Crippen LogP contribution < -0.4 is 4.46 Å². The van der Waals surface area contributed by atoms with Gasteiger partial charge in [-0.2, -0.15) is 0 Å². The summed E-state index contributed by atoms with van der Waals surface area (Å²) >= 11 is 0.377. The summed E-state index contributed by atoms with van der Waals surface area (Å²) in [6.07, 6.45) is 0.457. The van der Waals surface area contributed by atoms with Crippen LogP contribution in [0.4, 0.5) is 0 Å². The molecule has 3 nitrogen and oxygen atoms in total. The average molecular weight is 299 g/mol. The zero-order valence-corrected chi connectivity index (χ0v) is 11.5. The van der Waals surface area contributed by atoms with Gasteiger partial charge in [0.15, 0.2) is 0 Å². The molecule has 2 rings (SSSR count). The molecule has 1 aliphatic heterocycles. The molecule has 92 valence electrons. The van der Waals surface area contributed by atoms with Gasteiger partial charge in [0.2, 0.25) is 0 Å². The van der Waals surface area contributed by atoms with E-state index in [1.165, 1.54) is 4.46 Å². The van der Waals surface area contributed by atoms with Gasteiger partial charge in [0.05, 0.1) is 0 Å². The molecule has 1 aliphatic rings. The second-order valence-corrected chi connectivity index (χ2v) is 6.74. The zero-order valence-electron chi connectivity index (χ0n) is 9.80. The Morgan fingerprint density at radius 1 is 1.47 bits per heavy atom. The minimum atomic E-state index is -0.342. The number of carbonyl (C=O) groups is 1. The van der Waals surface area contributed by atoms with E-state index in [0.717, 1.165) is 6.42 Å². The Morgan fingerprint density at radius 3 is 2.94 bits per heavy atom. The van der Waals surface area contributed by atoms with Gasteiger partial charge >= 0.3 is 107 Å². The fourth-order valence-corrected chi connectivity index (χ4v) is 4.11. The molecule has 1 aromatic carbocycles. The fraction of sp³-hybridized carbons (Fsp3) is 0.462. The van der Waals surface area contributed by atoms with E-state index in [0.29, 0.717) is 33.0 Å². The Hall–Kier alpha value is -0.831. The van der Waals surface area contributed by atoms with Crippen LogP contribution in [-0.2, 0) is 14.3 Å². The van der Waals surface area contributed by atoms with Crippen LogP contribution in [0.2, 0.25) is 4.82 Å². The average Bonchev–Trinajstić information content (AvgIpc) is 2.79. The molecule has 17 heavy (non-hydrogen) atoms. The van der Waals surface area contributed by atoms with E-state index in [4.69, 9.17) is 9.47 Å². The summed E-state index contributed by atoms with van der Waals surface area (Å²) in [6.45, 7) is 2.92. The molecule has 0 N–H and O–H groups in total. The first-order chi connectivity index (χ1) is 8.29. The second kappa shape index (κ2) is 6.20. The Balaban J connectivity index is 1.84. The van der Waals surface area contributed by atoms with Crippen LogP contribution in [0.1, 0.15) is 13.3 Å². The summed E-state index contributed by atoms with van der Waals surface area (Å²) < 4.78 is 11.8. The van der Waals surface area contributed by atoms with E-state index in [2.05, 4.69) is 24.3 Å². The van der Waals surface area contributed by atoms with E-state index in [9.17, 15) is 4.79 Å². The van der Waals surface area contributed by atoms with Crippen molar-refractivity contribution in [1.29, 1.82) is 0 Å². The maximum atomic E-state index is 11.5. The maximum absolute atomic E-state index is 11.5. The standard InChI is InChI=1S/C13H16O3Se/c1-2-15-13(14)12-8-11(9-16-12)17-10-6-4-3-5-7-10/h3-7,11-12H,2,8-9H2,1H3/t11-,12-/m0/s1. The molecule has 0 bridgehead atoms. The Morgan fingerprint density at radius 2 is 2.24 bits per heavy atom. The number of benzene rings is 1. The number of hydrogen-bond acceptors (Lipinski definition) is 3. The molecular formula is C13H16O3Se. The molecule has 2 atom stereocenters. The first-order valence-electron chi connectivity index (χ1n) is 5.79. The van der Waals surface area contributed by atoms with E-state index >= 15 is 0 Å². The number of rotatable bonds is 4. The third-order valence-electron chi connectivity index (χ3n) is 2.56. The predicted molar refractivity (Wildman–Crippen MR) is 66.6 cm³/mol. The third kappa shape index (κ3) is 3.56. The van der Waals surface area contributed by atoms with Gasteiger partial charge in [0.25, 0.3) is 0 Å². The quantitative estimate of drug-likeness (QED) is 0.618. The summed E-state index contributed by atoms with van der Waals surface area (Å²) in [5, 5.41) is 0. The van der Waals surface area contributed by atoms with Crippen molar-refractivity contribution in [2.45, 2.75) is 24.3 Å². The number of esters is 1. The molecule has 4 heteroatoms. The normalized spacial score (nSPS) is 23.6. The fourth-order valence-electron chi connectivity index (χ4n) is 1.77. The Kier molecular flexibility index (Phi) is 4.60. The second-order valence-electron chi connectivity index (χ2n) is 3.86. The molecule has 1 fully saturated rings. The van der Waals surface area contributed by atoms with Crippen molar-refractivity contribution >= 4 is 25.4 Å². The van der Waals surface area contributed by atoms with E-state index in [1.807, 2.05) is 13.0 Å². The molecule has 0 aliphatic carbocycles. The van der Waals surface area contributed by atoms with Gasteiger partial charge in [-0.05, 0) is 0 Å². The van der Waals surface area contributed by atoms with E-state index < -0.39 is 0 Å². The SMILES string of the molecule is CCOC(=O)[C@@H]1C[C@H]([Se]c2ccccc2)CO1. The van der Waals surface area contributed by atoms with Gasteiger partial charge in [-0.3, -0.25) is 0 Å². The number of hydrogen-bond donors (Lipinski definition) is 0. The summed E-state index contributed by atoms with van der Waals surface area (Å²) in [5.41, 5.74) is 0. The topological polar surface area (TPSA) is 35.5 Å². The van der Waals surface area contributed by atoms with Crippen LogP contribution in [-0.4, -0.2) is 40.2 Å². The van der Waals surface area contributed by atoms with Crippen LogP contribution in [0.15, 0.2) is 30.3 Å². The minimum absolute atomic E-state index is 0.209. The van der Waals surface area contributed by atoms with Crippen molar-refractivity contribution in [1.82, 2.24) is 0 Å². The molecule has 1 aromatic rings. The molecule has 0 radical (unpaired) electrons. The van der Waals surface area contributed by atoms with Gasteiger partial charge in [-0.15, -0.1) is 0 Å². The summed E-state index contributed by atoms with van der Waals surface area (Å²) in [7, 11) is 0. The molecule has 0 saturated carbocycles. The van der Waals surface area contributed by atoms with Crippen molar-refractivity contribution in [3.05, 3.63) is 30.3 Å². The first kappa shape index (κ1) is 12.6. The van der Waals surface area contributed by atoms with Crippen molar-refractivity contribution < 1.29 is 14.3 Å². The molecular weight excluding hydrogens is 283 g/mol. The van der Waals surface area contributed by atoms with Crippen LogP contribution in [0.5, 0.6) is 0 Å². The van der Waals surface area contributed by atoms with Crippen molar-refractivity contribution in [3.8, 4) is 0 Å². The molecule has 0 unspecified atom stereocenters. The molecule has 0 spiro atoms. The van der Waals surface area contributed by atoms with Crippen molar-refractivity contribution in [3.63, 3.8) is 0 Å². The molecule has 0 aromatic heterocycles. The Labute approximate surface area is 108 Å². The van der Waals surface area contributed by atoms with Gasteiger partial charge in [0, 0.05) is 0 Å².